The fraction of sp³-hybridized carbons (Fsp3) is 0.120. The Kier molecular flexibility index (Phi) is 5.90. The van der Waals surface area contributed by atoms with Gasteiger partial charge in [0.05, 0.1) is 12.8 Å². The first-order valence-corrected chi connectivity index (χ1v) is 9.86. The Hall–Kier alpha value is -3.86. The molecule has 0 saturated carbocycles. The number of hydrogen-bond acceptors (Lipinski definition) is 3. The Morgan fingerprint density at radius 1 is 1.03 bits per heavy atom. The summed E-state index contributed by atoms with van der Waals surface area (Å²) in [4.78, 5) is 12.3. The monoisotopic (exact) mass is 397 g/mol. The van der Waals surface area contributed by atoms with Gasteiger partial charge in [0.15, 0.2) is 0 Å². The van der Waals surface area contributed by atoms with E-state index in [1.54, 1.807) is 12.3 Å². The standard InChI is InChI=1S/C25H23N3O2/c1-19-8-7-9-20(16-19)25(29)27-26-17-21-18-28(24-13-6-5-12-23(21)24)14-15-30-22-10-3-2-4-11-22/h2-13,16-18H,14-15H2,1H3,(H,27,29)/b26-17+. The Morgan fingerprint density at radius 3 is 2.67 bits per heavy atom. The van der Waals surface area contributed by atoms with Gasteiger partial charge in [0.1, 0.15) is 12.4 Å². The van der Waals surface area contributed by atoms with Crippen molar-refractivity contribution in [2.45, 2.75) is 13.5 Å². The molecule has 5 nitrogen and oxygen atoms in total. The lowest BCUT2D eigenvalue weighted by Gasteiger charge is -2.08. The van der Waals surface area contributed by atoms with Gasteiger partial charge in [-0.05, 0) is 37.3 Å². The number of amides is 1. The number of hydrogen-bond donors (Lipinski definition) is 1. The van der Waals surface area contributed by atoms with Gasteiger partial charge in [0, 0.05) is 28.2 Å². The van der Waals surface area contributed by atoms with E-state index in [1.165, 1.54) is 0 Å². The number of fused-ring (bicyclic) bond motifs is 1. The van der Waals surface area contributed by atoms with Crippen molar-refractivity contribution in [2.75, 3.05) is 6.61 Å². The average molecular weight is 397 g/mol. The molecule has 1 heterocycles. The highest BCUT2D eigenvalue weighted by atomic mass is 16.5. The number of hydrazone groups is 1. The summed E-state index contributed by atoms with van der Waals surface area (Å²) in [5.74, 6) is 0.629. The van der Waals surface area contributed by atoms with Gasteiger partial charge in [0.25, 0.3) is 5.91 Å². The SMILES string of the molecule is Cc1cccc(C(=O)N/N=C/c2cn(CCOc3ccccc3)c3ccccc23)c1. The summed E-state index contributed by atoms with van der Waals surface area (Å²) >= 11 is 0. The van der Waals surface area contributed by atoms with Crippen LogP contribution >= 0.6 is 0 Å². The largest absolute Gasteiger partial charge is 0.492 e. The van der Waals surface area contributed by atoms with Crippen molar-refractivity contribution in [1.82, 2.24) is 9.99 Å². The highest BCUT2D eigenvalue weighted by molar-refractivity contribution is 6.00. The second-order valence-electron chi connectivity index (χ2n) is 7.03. The van der Waals surface area contributed by atoms with Crippen molar-refractivity contribution in [2.24, 2.45) is 5.10 Å². The van der Waals surface area contributed by atoms with Crippen molar-refractivity contribution in [3.8, 4) is 5.75 Å². The van der Waals surface area contributed by atoms with Gasteiger partial charge in [-0.2, -0.15) is 5.10 Å². The molecule has 30 heavy (non-hydrogen) atoms. The smallest absolute Gasteiger partial charge is 0.271 e. The fourth-order valence-electron chi connectivity index (χ4n) is 3.35. The topological polar surface area (TPSA) is 55.6 Å². The number of aryl methyl sites for hydroxylation is 1. The van der Waals surface area contributed by atoms with Gasteiger partial charge in [-0.25, -0.2) is 5.43 Å². The lowest BCUT2D eigenvalue weighted by Crippen LogP contribution is -2.17. The molecule has 5 heteroatoms. The van der Waals surface area contributed by atoms with Gasteiger partial charge in [-0.1, -0.05) is 54.1 Å². The minimum Gasteiger partial charge on any atom is -0.492 e. The maximum atomic E-state index is 12.3. The second kappa shape index (κ2) is 9.09. The minimum absolute atomic E-state index is 0.227. The molecule has 0 atom stereocenters. The van der Waals surface area contributed by atoms with Crippen LogP contribution in [0.2, 0.25) is 0 Å². The van der Waals surface area contributed by atoms with Crippen LogP contribution in [0.1, 0.15) is 21.5 Å². The molecule has 1 N–H and O–H groups in total. The number of carbonyl (C=O) groups is 1. The van der Waals surface area contributed by atoms with E-state index in [2.05, 4.69) is 21.2 Å². The average Bonchev–Trinajstić information content (AvgIpc) is 3.12. The highest BCUT2D eigenvalue weighted by Crippen LogP contribution is 2.20. The predicted molar refractivity (Wildman–Crippen MR) is 120 cm³/mol. The number of rotatable bonds is 7. The Bertz CT molecular complexity index is 1180. The Balaban J connectivity index is 1.46. The first-order chi connectivity index (χ1) is 14.7. The van der Waals surface area contributed by atoms with Crippen LogP contribution < -0.4 is 10.2 Å². The first-order valence-electron chi connectivity index (χ1n) is 9.86. The van der Waals surface area contributed by atoms with Crippen molar-refractivity contribution >= 4 is 23.0 Å². The molecule has 0 aliphatic carbocycles. The molecule has 1 aromatic heterocycles. The molecule has 150 valence electrons. The summed E-state index contributed by atoms with van der Waals surface area (Å²) in [5.41, 5.74) is 6.27. The molecule has 0 spiro atoms. The molecule has 4 aromatic rings. The quantitative estimate of drug-likeness (QED) is 0.360. The summed E-state index contributed by atoms with van der Waals surface area (Å²) in [5, 5.41) is 5.24. The number of nitrogens with zero attached hydrogens (tertiary/aromatic N) is 2. The van der Waals surface area contributed by atoms with Crippen LogP contribution in [-0.2, 0) is 6.54 Å². The summed E-state index contributed by atoms with van der Waals surface area (Å²) in [7, 11) is 0. The summed E-state index contributed by atoms with van der Waals surface area (Å²) in [6, 6.07) is 25.3. The number of carbonyl (C=O) groups excluding carboxylic acids is 1. The summed E-state index contributed by atoms with van der Waals surface area (Å²) in [6.45, 7) is 3.22. The molecule has 0 bridgehead atoms. The molecule has 0 fully saturated rings. The van der Waals surface area contributed by atoms with Crippen molar-refractivity contribution < 1.29 is 9.53 Å². The van der Waals surface area contributed by atoms with E-state index in [-0.39, 0.29) is 5.91 Å². The molecule has 1 amide bonds. The van der Waals surface area contributed by atoms with Crippen LogP contribution in [0.25, 0.3) is 10.9 Å². The van der Waals surface area contributed by atoms with E-state index in [0.717, 1.165) is 27.8 Å². The summed E-state index contributed by atoms with van der Waals surface area (Å²) in [6.07, 6.45) is 3.71. The maximum Gasteiger partial charge on any atom is 0.271 e. The van der Waals surface area contributed by atoms with Gasteiger partial charge >= 0.3 is 0 Å². The van der Waals surface area contributed by atoms with Crippen LogP contribution in [0.15, 0.2) is 90.2 Å². The van der Waals surface area contributed by atoms with E-state index in [9.17, 15) is 4.79 Å². The van der Waals surface area contributed by atoms with E-state index in [4.69, 9.17) is 4.74 Å². The molecule has 0 saturated heterocycles. The van der Waals surface area contributed by atoms with Gasteiger partial charge in [-0.15, -0.1) is 0 Å². The van der Waals surface area contributed by atoms with Crippen LogP contribution in [0.4, 0.5) is 0 Å². The van der Waals surface area contributed by atoms with Crippen molar-refractivity contribution in [1.29, 1.82) is 0 Å². The van der Waals surface area contributed by atoms with E-state index < -0.39 is 0 Å². The molecule has 0 radical (unpaired) electrons. The zero-order valence-electron chi connectivity index (χ0n) is 16.8. The van der Waals surface area contributed by atoms with E-state index in [0.29, 0.717) is 18.7 Å². The molecule has 0 aliphatic rings. The first kappa shape index (κ1) is 19.5. The van der Waals surface area contributed by atoms with Gasteiger partial charge < -0.3 is 9.30 Å². The van der Waals surface area contributed by atoms with E-state index in [1.807, 2.05) is 79.9 Å². The number of nitrogens with one attached hydrogen (secondary N) is 1. The lowest BCUT2D eigenvalue weighted by atomic mass is 10.1. The summed E-state index contributed by atoms with van der Waals surface area (Å²) < 4.78 is 7.97. The molecule has 0 unspecified atom stereocenters. The minimum atomic E-state index is -0.227. The number of aromatic nitrogens is 1. The molecule has 4 rings (SSSR count). The van der Waals surface area contributed by atoms with Crippen LogP contribution in [-0.4, -0.2) is 23.3 Å². The molecular weight excluding hydrogens is 374 g/mol. The number of para-hydroxylation sites is 2. The zero-order valence-corrected chi connectivity index (χ0v) is 16.8. The third kappa shape index (κ3) is 4.58. The Morgan fingerprint density at radius 2 is 1.83 bits per heavy atom. The van der Waals surface area contributed by atoms with Crippen molar-refractivity contribution in [3.63, 3.8) is 0 Å². The van der Waals surface area contributed by atoms with Crippen LogP contribution in [0.5, 0.6) is 5.75 Å². The van der Waals surface area contributed by atoms with Crippen LogP contribution in [0, 0.1) is 6.92 Å². The molecular formula is C25H23N3O2. The van der Waals surface area contributed by atoms with Gasteiger partial charge in [-0.3, -0.25) is 4.79 Å². The third-order valence-electron chi connectivity index (χ3n) is 4.81. The Labute approximate surface area is 175 Å². The predicted octanol–water partition coefficient (Wildman–Crippen LogP) is 4.79. The highest BCUT2D eigenvalue weighted by Gasteiger charge is 2.08. The van der Waals surface area contributed by atoms with E-state index >= 15 is 0 Å². The van der Waals surface area contributed by atoms with Gasteiger partial charge in [0.2, 0.25) is 0 Å². The molecule has 3 aromatic carbocycles. The third-order valence-corrected chi connectivity index (χ3v) is 4.81. The zero-order chi connectivity index (χ0) is 20.8. The second-order valence-corrected chi connectivity index (χ2v) is 7.03. The normalized spacial score (nSPS) is 11.1. The maximum absolute atomic E-state index is 12.3. The fourth-order valence-corrected chi connectivity index (χ4v) is 3.35. The van der Waals surface area contributed by atoms with Crippen molar-refractivity contribution in [3.05, 3.63) is 102 Å². The van der Waals surface area contributed by atoms with Crippen LogP contribution in [0.3, 0.4) is 0 Å². The number of benzene rings is 3. The molecule has 0 aliphatic heterocycles. The number of ether oxygens (including phenoxy) is 1. The lowest BCUT2D eigenvalue weighted by molar-refractivity contribution is 0.0955.